The molecule has 0 bridgehead atoms. The highest BCUT2D eigenvalue weighted by Gasteiger charge is 2.26. The Kier molecular flexibility index (Phi) is 4.19. The van der Waals surface area contributed by atoms with Crippen molar-refractivity contribution < 1.29 is 0 Å². The summed E-state index contributed by atoms with van der Waals surface area (Å²) in [6.45, 7) is 4.68. The van der Waals surface area contributed by atoms with Crippen molar-refractivity contribution in [3.05, 3.63) is 35.9 Å². The maximum Gasteiger partial charge on any atom is 0.0236 e. The molecule has 17 heavy (non-hydrogen) atoms. The number of rotatable bonds is 3. The first-order valence-corrected chi connectivity index (χ1v) is 6.61. The summed E-state index contributed by atoms with van der Waals surface area (Å²) in [6.07, 6.45) is 2.59. The van der Waals surface area contributed by atoms with E-state index >= 15 is 0 Å². The molecular formula is C15H24N2. The third kappa shape index (κ3) is 3.30. The van der Waals surface area contributed by atoms with Crippen LogP contribution in [-0.4, -0.2) is 42.5 Å². The fraction of sp³-hybridized carbons (Fsp3) is 0.600. The Morgan fingerprint density at radius 3 is 2.53 bits per heavy atom. The maximum absolute atomic E-state index is 2.61. The molecule has 0 aromatic heterocycles. The van der Waals surface area contributed by atoms with Gasteiger partial charge in [-0.25, -0.2) is 0 Å². The summed E-state index contributed by atoms with van der Waals surface area (Å²) >= 11 is 0. The predicted octanol–water partition coefficient (Wildman–Crippen LogP) is 2.60. The third-order valence-corrected chi connectivity index (χ3v) is 3.94. The molecule has 2 nitrogen and oxygen atoms in total. The number of benzene rings is 1. The second-order valence-corrected chi connectivity index (χ2v) is 5.45. The minimum atomic E-state index is 0.691. The molecule has 0 aliphatic carbocycles. The molecule has 1 heterocycles. The zero-order valence-electron chi connectivity index (χ0n) is 11.3. The van der Waals surface area contributed by atoms with E-state index in [4.69, 9.17) is 0 Å². The SMILES string of the molecule is CC1CC(N(C)C)CCN1Cc1ccccc1. The zero-order chi connectivity index (χ0) is 12.3. The molecule has 1 aliphatic heterocycles. The molecule has 1 aromatic carbocycles. The second kappa shape index (κ2) is 5.65. The average Bonchev–Trinajstić information content (AvgIpc) is 2.33. The van der Waals surface area contributed by atoms with Crippen molar-refractivity contribution in [2.24, 2.45) is 0 Å². The van der Waals surface area contributed by atoms with Crippen LogP contribution in [0.3, 0.4) is 0 Å². The third-order valence-electron chi connectivity index (χ3n) is 3.94. The molecule has 2 rings (SSSR count). The van der Waals surface area contributed by atoms with E-state index in [1.165, 1.54) is 24.9 Å². The van der Waals surface area contributed by atoms with Gasteiger partial charge in [-0.2, -0.15) is 0 Å². The van der Waals surface area contributed by atoms with Gasteiger partial charge in [-0.3, -0.25) is 4.90 Å². The van der Waals surface area contributed by atoms with Gasteiger partial charge in [-0.15, -0.1) is 0 Å². The van der Waals surface area contributed by atoms with E-state index in [-0.39, 0.29) is 0 Å². The first-order chi connectivity index (χ1) is 8.16. The van der Waals surface area contributed by atoms with Crippen LogP contribution in [0, 0.1) is 0 Å². The van der Waals surface area contributed by atoms with Gasteiger partial charge in [0, 0.05) is 25.2 Å². The molecule has 0 saturated carbocycles. The van der Waals surface area contributed by atoms with Crippen molar-refractivity contribution in [3.63, 3.8) is 0 Å². The van der Waals surface area contributed by atoms with Crippen molar-refractivity contribution in [2.75, 3.05) is 20.6 Å². The van der Waals surface area contributed by atoms with E-state index in [1.807, 2.05) is 0 Å². The molecule has 0 radical (unpaired) electrons. The highest BCUT2D eigenvalue weighted by atomic mass is 15.2. The summed E-state index contributed by atoms with van der Waals surface area (Å²) in [6, 6.07) is 12.3. The Morgan fingerprint density at radius 1 is 1.24 bits per heavy atom. The molecule has 2 unspecified atom stereocenters. The van der Waals surface area contributed by atoms with Gasteiger partial charge in [0.1, 0.15) is 0 Å². The quantitative estimate of drug-likeness (QED) is 0.790. The largest absolute Gasteiger partial charge is 0.306 e. The van der Waals surface area contributed by atoms with E-state index in [2.05, 4.69) is 61.2 Å². The van der Waals surface area contributed by atoms with Crippen LogP contribution in [-0.2, 0) is 6.54 Å². The molecule has 1 aliphatic rings. The fourth-order valence-electron chi connectivity index (χ4n) is 2.72. The Hall–Kier alpha value is -0.860. The van der Waals surface area contributed by atoms with E-state index in [1.54, 1.807) is 0 Å². The van der Waals surface area contributed by atoms with E-state index in [0.29, 0.717) is 6.04 Å². The monoisotopic (exact) mass is 232 g/mol. The van der Waals surface area contributed by atoms with Crippen molar-refractivity contribution in [1.82, 2.24) is 9.80 Å². The molecule has 2 heteroatoms. The molecule has 0 amide bonds. The van der Waals surface area contributed by atoms with Gasteiger partial charge in [-0.1, -0.05) is 30.3 Å². The Labute approximate surface area is 105 Å². The smallest absolute Gasteiger partial charge is 0.0236 e. The van der Waals surface area contributed by atoms with Gasteiger partial charge < -0.3 is 4.90 Å². The second-order valence-electron chi connectivity index (χ2n) is 5.45. The van der Waals surface area contributed by atoms with Crippen molar-refractivity contribution >= 4 is 0 Å². The Morgan fingerprint density at radius 2 is 1.94 bits per heavy atom. The lowest BCUT2D eigenvalue weighted by molar-refractivity contribution is 0.0914. The molecule has 1 fully saturated rings. The molecule has 0 spiro atoms. The standard InChI is InChI=1S/C15H24N2/c1-13-11-15(16(2)3)9-10-17(13)12-14-7-5-4-6-8-14/h4-8,13,15H,9-12H2,1-3H3. The van der Waals surface area contributed by atoms with Crippen molar-refractivity contribution in [2.45, 2.75) is 38.4 Å². The fourth-order valence-corrected chi connectivity index (χ4v) is 2.72. The number of piperidine rings is 1. The molecule has 0 N–H and O–H groups in total. The average molecular weight is 232 g/mol. The number of nitrogens with zero attached hydrogens (tertiary/aromatic N) is 2. The lowest BCUT2D eigenvalue weighted by atomic mass is 9.97. The van der Waals surface area contributed by atoms with Gasteiger partial charge in [0.25, 0.3) is 0 Å². The normalized spacial score (nSPS) is 26.4. The lowest BCUT2D eigenvalue weighted by Gasteiger charge is -2.40. The highest BCUT2D eigenvalue weighted by molar-refractivity contribution is 5.14. The topological polar surface area (TPSA) is 6.48 Å². The molecule has 94 valence electrons. The zero-order valence-corrected chi connectivity index (χ0v) is 11.3. The molecule has 2 atom stereocenters. The van der Waals surface area contributed by atoms with Crippen LogP contribution in [0.15, 0.2) is 30.3 Å². The summed E-state index contributed by atoms with van der Waals surface area (Å²) < 4.78 is 0. The number of hydrogen-bond acceptors (Lipinski definition) is 2. The van der Waals surface area contributed by atoms with Crippen LogP contribution in [0.1, 0.15) is 25.3 Å². The van der Waals surface area contributed by atoms with Crippen LogP contribution in [0.4, 0.5) is 0 Å². The van der Waals surface area contributed by atoms with Gasteiger partial charge in [0.2, 0.25) is 0 Å². The van der Waals surface area contributed by atoms with Crippen LogP contribution in [0.2, 0.25) is 0 Å². The van der Waals surface area contributed by atoms with Crippen LogP contribution in [0.5, 0.6) is 0 Å². The number of likely N-dealkylation sites (tertiary alicyclic amines) is 1. The summed E-state index contributed by atoms with van der Waals surface area (Å²) in [5, 5.41) is 0. The van der Waals surface area contributed by atoms with Crippen LogP contribution < -0.4 is 0 Å². The minimum absolute atomic E-state index is 0.691. The predicted molar refractivity (Wildman–Crippen MR) is 73.0 cm³/mol. The van der Waals surface area contributed by atoms with Gasteiger partial charge >= 0.3 is 0 Å². The highest BCUT2D eigenvalue weighted by Crippen LogP contribution is 2.22. The summed E-state index contributed by atoms with van der Waals surface area (Å²) in [5.41, 5.74) is 1.43. The van der Waals surface area contributed by atoms with Crippen LogP contribution in [0.25, 0.3) is 0 Å². The van der Waals surface area contributed by atoms with Gasteiger partial charge in [-0.05, 0) is 39.4 Å². The number of hydrogen-bond donors (Lipinski definition) is 0. The lowest BCUT2D eigenvalue weighted by Crippen LogP contribution is -2.46. The summed E-state index contributed by atoms with van der Waals surface area (Å²) in [4.78, 5) is 4.98. The van der Waals surface area contributed by atoms with Crippen LogP contribution >= 0.6 is 0 Å². The Bertz CT molecular complexity index is 334. The Balaban J connectivity index is 1.92. The van der Waals surface area contributed by atoms with Crippen molar-refractivity contribution in [3.8, 4) is 0 Å². The minimum Gasteiger partial charge on any atom is -0.306 e. The summed E-state index contributed by atoms with van der Waals surface area (Å²) in [7, 11) is 4.40. The van der Waals surface area contributed by atoms with Gasteiger partial charge in [0.05, 0.1) is 0 Å². The van der Waals surface area contributed by atoms with Crippen molar-refractivity contribution in [1.29, 1.82) is 0 Å². The van der Waals surface area contributed by atoms with E-state index in [9.17, 15) is 0 Å². The maximum atomic E-state index is 2.61. The van der Waals surface area contributed by atoms with Gasteiger partial charge in [0.15, 0.2) is 0 Å². The van der Waals surface area contributed by atoms with E-state index in [0.717, 1.165) is 12.6 Å². The molecular weight excluding hydrogens is 208 g/mol. The first-order valence-electron chi connectivity index (χ1n) is 6.61. The van der Waals surface area contributed by atoms with E-state index < -0.39 is 0 Å². The first kappa shape index (κ1) is 12.6. The molecule has 1 saturated heterocycles. The molecule has 1 aromatic rings. The summed E-state index contributed by atoms with van der Waals surface area (Å²) in [5.74, 6) is 0.